The molecule has 0 aliphatic rings. The number of ketones is 1. The smallest absolute Gasteiger partial charge is 0.437 e. The van der Waals surface area contributed by atoms with Crippen LogP contribution < -0.4 is 10.5 Å². The van der Waals surface area contributed by atoms with Gasteiger partial charge in [-0.05, 0) is 42.5 Å². The lowest BCUT2D eigenvalue weighted by Gasteiger charge is -2.05. The van der Waals surface area contributed by atoms with Gasteiger partial charge in [0.05, 0.1) is 12.1 Å². The number of hydrogen-bond acceptors (Lipinski definition) is 5. The van der Waals surface area contributed by atoms with Gasteiger partial charge in [-0.2, -0.15) is 4.68 Å². The summed E-state index contributed by atoms with van der Waals surface area (Å²) in [6.45, 7) is -0.313. The summed E-state index contributed by atoms with van der Waals surface area (Å²) >= 11 is 5.99. The zero-order valence-electron chi connectivity index (χ0n) is 13.0. The number of nitrogens with zero attached hydrogens (tertiary/aromatic N) is 2. The maximum atomic E-state index is 13.0. The van der Waals surface area contributed by atoms with Gasteiger partial charge in [0.1, 0.15) is 18.1 Å². The molecule has 8 heteroatoms. The molecule has 1 heterocycles. The van der Waals surface area contributed by atoms with Gasteiger partial charge in [-0.25, -0.2) is 9.18 Å². The Bertz CT molecular complexity index is 979. The van der Waals surface area contributed by atoms with Crippen molar-refractivity contribution in [2.45, 2.75) is 6.54 Å². The lowest BCUT2D eigenvalue weighted by atomic mass is 10.1. The van der Waals surface area contributed by atoms with Crippen molar-refractivity contribution >= 4 is 17.4 Å². The molecule has 0 spiro atoms. The molecule has 6 nitrogen and oxygen atoms in total. The number of hydrogen-bond donors (Lipinski definition) is 0. The van der Waals surface area contributed by atoms with E-state index in [-0.39, 0.29) is 23.2 Å². The first-order valence-corrected chi connectivity index (χ1v) is 7.56. The summed E-state index contributed by atoms with van der Waals surface area (Å²) in [5.74, 6) is -1.13. The Labute approximate surface area is 146 Å². The third-order valence-corrected chi connectivity index (χ3v) is 3.76. The van der Waals surface area contributed by atoms with Crippen LogP contribution in [0.25, 0.3) is 11.5 Å². The fourth-order valence-electron chi connectivity index (χ4n) is 2.18. The minimum absolute atomic E-state index is 0.00515. The highest BCUT2D eigenvalue weighted by molar-refractivity contribution is 6.32. The second-order valence-electron chi connectivity index (χ2n) is 5.11. The third-order valence-electron chi connectivity index (χ3n) is 3.46. The minimum Gasteiger partial charge on any atom is -0.495 e. The summed E-state index contributed by atoms with van der Waals surface area (Å²) in [6.07, 6.45) is 0. The predicted octanol–water partition coefficient (Wildman–Crippen LogP) is 3.19. The molecule has 3 rings (SSSR count). The minimum atomic E-state index is -0.785. The van der Waals surface area contributed by atoms with E-state index in [0.717, 1.165) is 4.68 Å². The Morgan fingerprint density at radius 1 is 1.28 bits per heavy atom. The van der Waals surface area contributed by atoms with Crippen molar-refractivity contribution in [1.29, 1.82) is 0 Å². The number of Topliss-reactive ketones (excluding diaryl/α,β-unsaturated/α-hetero) is 1. The fraction of sp³-hybridized carbons (Fsp3) is 0.118. The second kappa shape index (κ2) is 6.90. The van der Waals surface area contributed by atoms with Crippen molar-refractivity contribution in [1.82, 2.24) is 9.78 Å². The molecule has 25 heavy (non-hydrogen) atoms. The molecule has 0 aliphatic carbocycles. The van der Waals surface area contributed by atoms with E-state index in [1.54, 1.807) is 12.1 Å². The van der Waals surface area contributed by atoms with Crippen LogP contribution in [0.15, 0.2) is 51.7 Å². The molecule has 0 atom stereocenters. The standard InChI is InChI=1S/C17H12ClFN2O4/c1-24-15-7-4-11(8-13(15)18)14(22)9-21-17(23)25-16(20-21)10-2-5-12(19)6-3-10/h2-8H,9H2,1H3. The fourth-order valence-corrected chi connectivity index (χ4v) is 2.44. The van der Waals surface area contributed by atoms with Gasteiger partial charge in [0.2, 0.25) is 5.89 Å². The maximum Gasteiger partial charge on any atom is 0.437 e. The Balaban J connectivity index is 1.83. The summed E-state index contributed by atoms with van der Waals surface area (Å²) in [5.41, 5.74) is 0.737. The Morgan fingerprint density at radius 3 is 2.64 bits per heavy atom. The van der Waals surface area contributed by atoms with Gasteiger partial charge in [0, 0.05) is 11.1 Å². The average Bonchev–Trinajstić information content (AvgIpc) is 2.96. The van der Waals surface area contributed by atoms with E-state index in [1.165, 1.54) is 37.4 Å². The molecule has 128 valence electrons. The Kier molecular flexibility index (Phi) is 4.67. The monoisotopic (exact) mass is 362 g/mol. The van der Waals surface area contributed by atoms with Gasteiger partial charge in [-0.15, -0.1) is 5.10 Å². The molecular weight excluding hydrogens is 351 g/mol. The van der Waals surface area contributed by atoms with Crippen molar-refractivity contribution in [3.8, 4) is 17.2 Å². The van der Waals surface area contributed by atoms with E-state index in [1.807, 2.05) is 0 Å². The van der Waals surface area contributed by atoms with Gasteiger partial charge in [0.15, 0.2) is 5.78 Å². The predicted molar refractivity (Wildman–Crippen MR) is 88.5 cm³/mol. The highest BCUT2D eigenvalue weighted by Crippen LogP contribution is 2.25. The molecule has 0 fully saturated rings. The highest BCUT2D eigenvalue weighted by Gasteiger charge is 2.15. The lowest BCUT2D eigenvalue weighted by molar-refractivity contribution is 0.0965. The van der Waals surface area contributed by atoms with Gasteiger partial charge in [-0.3, -0.25) is 4.79 Å². The van der Waals surface area contributed by atoms with Crippen LogP contribution in [0.1, 0.15) is 10.4 Å². The molecular formula is C17H12ClFN2O4. The van der Waals surface area contributed by atoms with Crippen LogP contribution in [0.4, 0.5) is 4.39 Å². The van der Waals surface area contributed by atoms with Gasteiger partial charge in [-0.1, -0.05) is 11.6 Å². The second-order valence-corrected chi connectivity index (χ2v) is 5.52. The van der Waals surface area contributed by atoms with E-state index in [0.29, 0.717) is 16.9 Å². The van der Waals surface area contributed by atoms with Crippen molar-refractivity contribution in [3.63, 3.8) is 0 Å². The molecule has 0 unspecified atom stereocenters. The Hall–Kier alpha value is -2.93. The van der Waals surface area contributed by atoms with E-state index < -0.39 is 11.6 Å². The number of ether oxygens (including phenoxy) is 1. The summed E-state index contributed by atoms with van der Waals surface area (Å²) in [4.78, 5) is 24.2. The number of methoxy groups -OCH3 is 1. The van der Waals surface area contributed by atoms with E-state index in [4.69, 9.17) is 20.8 Å². The highest BCUT2D eigenvalue weighted by atomic mass is 35.5. The number of benzene rings is 2. The molecule has 1 aromatic heterocycles. The van der Waals surface area contributed by atoms with Crippen LogP contribution in [0.3, 0.4) is 0 Å². The first kappa shape index (κ1) is 16.9. The number of rotatable bonds is 5. The van der Waals surface area contributed by atoms with Crippen molar-refractivity contribution in [2.24, 2.45) is 0 Å². The number of carbonyl (C=O) groups excluding carboxylic acids is 1. The first-order chi connectivity index (χ1) is 12.0. The van der Waals surface area contributed by atoms with Crippen molar-refractivity contribution < 1.29 is 18.3 Å². The topological polar surface area (TPSA) is 74.3 Å². The van der Waals surface area contributed by atoms with Crippen molar-refractivity contribution in [3.05, 3.63) is 69.4 Å². The summed E-state index contributed by atoms with van der Waals surface area (Å²) in [5, 5.41) is 4.25. The zero-order valence-corrected chi connectivity index (χ0v) is 13.8. The van der Waals surface area contributed by atoms with E-state index in [2.05, 4.69) is 5.10 Å². The van der Waals surface area contributed by atoms with Crippen LogP contribution in [0.5, 0.6) is 5.75 Å². The molecule has 0 radical (unpaired) electrons. The Morgan fingerprint density at radius 2 is 2.00 bits per heavy atom. The number of aromatic nitrogens is 2. The van der Waals surface area contributed by atoms with Gasteiger partial charge >= 0.3 is 5.76 Å². The van der Waals surface area contributed by atoms with E-state index in [9.17, 15) is 14.0 Å². The average molecular weight is 363 g/mol. The van der Waals surface area contributed by atoms with Crippen LogP contribution in [0.2, 0.25) is 5.02 Å². The van der Waals surface area contributed by atoms with Crippen LogP contribution in [-0.2, 0) is 6.54 Å². The molecule has 3 aromatic rings. The molecule has 0 saturated heterocycles. The zero-order chi connectivity index (χ0) is 18.0. The molecule has 2 aromatic carbocycles. The lowest BCUT2D eigenvalue weighted by Crippen LogP contribution is -2.21. The van der Waals surface area contributed by atoms with Crippen LogP contribution in [-0.4, -0.2) is 22.7 Å². The molecule has 0 amide bonds. The van der Waals surface area contributed by atoms with E-state index >= 15 is 0 Å². The SMILES string of the molecule is COc1ccc(C(=O)Cn2nc(-c3ccc(F)cc3)oc2=O)cc1Cl. The van der Waals surface area contributed by atoms with Crippen LogP contribution in [0, 0.1) is 5.82 Å². The molecule has 0 saturated carbocycles. The summed E-state index contributed by atoms with van der Waals surface area (Å²) in [7, 11) is 1.47. The number of carbonyl (C=O) groups is 1. The normalized spacial score (nSPS) is 10.7. The third kappa shape index (κ3) is 3.61. The molecule has 0 aliphatic heterocycles. The van der Waals surface area contributed by atoms with Gasteiger partial charge < -0.3 is 9.15 Å². The number of halogens is 2. The first-order valence-electron chi connectivity index (χ1n) is 7.18. The largest absolute Gasteiger partial charge is 0.495 e. The van der Waals surface area contributed by atoms with Crippen molar-refractivity contribution in [2.75, 3.05) is 7.11 Å². The summed E-state index contributed by atoms with van der Waals surface area (Å²) in [6, 6.07) is 9.85. The summed E-state index contributed by atoms with van der Waals surface area (Å²) < 4.78 is 23.9. The van der Waals surface area contributed by atoms with Gasteiger partial charge in [0.25, 0.3) is 0 Å². The molecule has 0 N–H and O–H groups in total. The quantitative estimate of drug-likeness (QED) is 0.652. The van der Waals surface area contributed by atoms with Crippen LogP contribution >= 0.6 is 11.6 Å². The maximum absolute atomic E-state index is 13.0. The molecule has 0 bridgehead atoms.